The van der Waals surface area contributed by atoms with E-state index >= 15 is 0 Å². The van der Waals surface area contributed by atoms with E-state index in [1.165, 1.54) is 13.1 Å². The van der Waals surface area contributed by atoms with Crippen LogP contribution >= 0.6 is 0 Å². The summed E-state index contributed by atoms with van der Waals surface area (Å²) in [6.07, 6.45) is 1.66. The minimum absolute atomic E-state index is 0.0294. The molecule has 2 heterocycles. The van der Waals surface area contributed by atoms with Gasteiger partial charge in [-0.25, -0.2) is 4.98 Å². The summed E-state index contributed by atoms with van der Waals surface area (Å²) in [5.74, 6) is 0.576. The topological polar surface area (TPSA) is 107 Å². The van der Waals surface area contributed by atoms with E-state index in [0.29, 0.717) is 28.6 Å². The fraction of sp³-hybridized carbons (Fsp3) is 0.200. The number of hydrogen-bond acceptors (Lipinski definition) is 6. The van der Waals surface area contributed by atoms with Crippen molar-refractivity contribution in [2.45, 2.75) is 25.9 Å². The number of nitrogens with zero attached hydrogens (tertiary/aromatic N) is 1. The second kappa shape index (κ2) is 9.12. The largest absolute Gasteiger partial charge is 0.482 e. The number of aromatic nitrogens is 1. The lowest BCUT2D eigenvalue weighted by Crippen LogP contribution is -2.36. The molecule has 0 radical (unpaired) electrons. The van der Waals surface area contributed by atoms with E-state index in [1.54, 1.807) is 30.3 Å². The fourth-order valence-electron chi connectivity index (χ4n) is 3.56. The summed E-state index contributed by atoms with van der Waals surface area (Å²) in [5, 5.41) is 5.04. The van der Waals surface area contributed by atoms with Crippen LogP contribution in [0.4, 0.5) is 5.69 Å². The number of ketones is 1. The molecule has 1 unspecified atom stereocenters. The minimum Gasteiger partial charge on any atom is -0.482 e. The minimum atomic E-state index is -0.727. The van der Waals surface area contributed by atoms with Crippen molar-refractivity contribution >= 4 is 23.3 Å². The maximum Gasteiger partial charge on any atom is 0.243 e. The fourth-order valence-corrected chi connectivity index (χ4v) is 3.56. The van der Waals surface area contributed by atoms with E-state index in [2.05, 4.69) is 15.6 Å². The van der Waals surface area contributed by atoms with Gasteiger partial charge in [0.15, 0.2) is 5.78 Å². The molecule has 4 rings (SSSR count). The lowest BCUT2D eigenvalue weighted by Gasteiger charge is -2.35. The van der Waals surface area contributed by atoms with E-state index in [1.807, 2.05) is 37.3 Å². The van der Waals surface area contributed by atoms with Gasteiger partial charge in [0.2, 0.25) is 17.7 Å². The molecule has 168 valence electrons. The van der Waals surface area contributed by atoms with Crippen LogP contribution in [-0.4, -0.2) is 29.1 Å². The first-order valence-electron chi connectivity index (χ1n) is 10.4. The van der Waals surface area contributed by atoms with Crippen LogP contribution in [0.2, 0.25) is 0 Å². The van der Waals surface area contributed by atoms with Crippen molar-refractivity contribution in [3.05, 3.63) is 78.0 Å². The Morgan fingerprint density at radius 2 is 1.91 bits per heavy atom. The van der Waals surface area contributed by atoms with Crippen LogP contribution in [0.25, 0.3) is 0 Å². The Labute approximate surface area is 190 Å². The molecule has 2 N–H and O–H groups in total. The van der Waals surface area contributed by atoms with Gasteiger partial charge >= 0.3 is 0 Å². The maximum absolute atomic E-state index is 12.9. The number of rotatable bonds is 6. The summed E-state index contributed by atoms with van der Waals surface area (Å²) >= 11 is 0. The number of Topliss-reactive ketones (excluding diaryl/α,β-unsaturated/α-hetero) is 1. The Morgan fingerprint density at radius 3 is 2.61 bits per heavy atom. The summed E-state index contributed by atoms with van der Waals surface area (Å²) in [4.78, 5) is 39.7. The maximum atomic E-state index is 12.9. The van der Waals surface area contributed by atoms with Crippen molar-refractivity contribution < 1.29 is 23.9 Å². The van der Waals surface area contributed by atoms with Crippen LogP contribution in [0.5, 0.6) is 17.4 Å². The zero-order chi connectivity index (χ0) is 23.4. The van der Waals surface area contributed by atoms with Gasteiger partial charge in [0, 0.05) is 13.0 Å². The highest BCUT2D eigenvalue weighted by Gasteiger charge is 2.38. The van der Waals surface area contributed by atoms with Gasteiger partial charge in [0.1, 0.15) is 17.1 Å². The van der Waals surface area contributed by atoms with Gasteiger partial charge in [-0.1, -0.05) is 30.3 Å². The molecule has 1 aromatic heterocycles. The normalized spacial score (nSPS) is 16.8. The summed E-state index contributed by atoms with van der Waals surface area (Å²) < 4.78 is 12.0. The quantitative estimate of drug-likeness (QED) is 0.597. The van der Waals surface area contributed by atoms with E-state index in [-0.39, 0.29) is 30.6 Å². The number of anilines is 1. The average molecular weight is 445 g/mol. The highest BCUT2D eigenvalue weighted by Crippen LogP contribution is 2.41. The number of nitrogens with one attached hydrogen (secondary N) is 2. The van der Waals surface area contributed by atoms with Crippen LogP contribution in [0.1, 0.15) is 36.2 Å². The molecule has 0 saturated heterocycles. The monoisotopic (exact) mass is 445 g/mol. The predicted octanol–water partition coefficient (Wildman–Crippen LogP) is 3.83. The summed E-state index contributed by atoms with van der Waals surface area (Å²) in [5.41, 5.74) is 1.14. The van der Waals surface area contributed by atoms with E-state index in [4.69, 9.17) is 9.47 Å². The molecule has 1 aliphatic heterocycles. The van der Waals surface area contributed by atoms with E-state index < -0.39 is 5.60 Å². The molecule has 2 aromatic carbocycles. The first kappa shape index (κ1) is 22.0. The smallest absolute Gasteiger partial charge is 0.243 e. The zero-order valence-corrected chi connectivity index (χ0v) is 18.3. The van der Waals surface area contributed by atoms with Gasteiger partial charge in [-0.15, -0.1) is 0 Å². The van der Waals surface area contributed by atoms with Crippen molar-refractivity contribution in [1.29, 1.82) is 0 Å². The van der Waals surface area contributed by atoms with Gasteiger partial charge in [-0.05, 0) is 36.8 Å². The van der Waals surface area contributed by atoms with Crippen LogP contribution in [0.15, 0.2) is 66.9 Å². The Balaban J connectivity index is 1.44. The number of benzene rings is 2. The van der Waals surface area contributed by atoms with E-state index in [0.717, 1.165) is 5.56 Å². The number of hydrogen-bond donors (Lipinski definition) is 2. The van der Waals surface area contributed by atoms with Gasteiger partial charge in [0.05, 0.1) is 30.4 Å². The van der Waals surface area contributed by atoms with Gasteiger partial charge in [0.25, 0.3) is 0 Å². The highest BCUT2D eigenvalue weighted by atomic mass is 16.5. The third kappa shape index (κ3) is 5.17. The Kier molecular flexibility index (Phi) is 6.08. The second-order valence-electron chi connectivity index (χ2n) is 7.90. The lowest BCUT2D eigenvalue weighted by atomic mass is 9.85. The molecule has 0 spiro atoms. The van der Waals surface area contributed by atoms with Crippen LogP contribution < -0.4 is 20.1 Å². The van der Waals surface area contributed by atoms with Crippen LogP contribution in [0, 0.1) is 0 Å². The van der Waals surface area contributed by atoms with Crippen LogP contribution in [0.3, 0.4) is 0 Å². The number of pyridine rings is 1. The summed E-state index contributed by atoms with van der Waals surface area (Å²) in [6, 6.07) is 18.0. The predicted molar refractivity (Wildman–Crippen MR) is 121 cm³/mol. The number of amides is 2. The van der Waals surface area contributed by atoms with Gasteiger partial charge in [-0.3, -0.25) is 14.4 Å². The molecular formula is C25H23N3O5. The number of ether oxygens (including phenoxy) is 2. The number of carbonyl (C=O) groups is 3. The molecule has 1 atom stereocenters. The third-order valence-corrected chi connectivity index (χ3v) is 5.21. The molecule has 0 bridgehead atoms. The Bertz CT molecular complexity index is 1190. The molecule has 8 heteroatoms. The molecule has 2 amide bonds. The third-order valence-electron chi connectivity index (χ3n) is 5.21. The standard InChI is InChI=1S/C25H23N3O5/c1-16(29)26-15-23(31)28-18-8-11-24(27-14-18)32-19-9-10-22-20(12-19)21(30)13-25(2,33-22)17-6-4-3-5-7-17/h3-12,14H,13,15H2,1-2H3,(H,26,29)(H,28,31). The molecular weight excluding hydrogens is 422 g/mol. The van der Waals surface area contributed by atoms with Crippen molar-refractivity contribution in [2.75, 3.05) is 11.9 Å². The second-order valence-corrected chi connectivity index (χ2v) is 7.90. The first-order valence-corrected chi connectivity index (χ1v) is 10.4. The van der Waals surface area contributed by atoms with Crippen molar-refractivity contribution in [1.82, 2.24) is 10.3 Å². The van der Waals surface area contributed by atoms with Crippen molar-refractivity contribution in [2.24, 2.45) is 0 Å². The Hall–Kier alpha value is -4.20. The molecule has 3 aromatic rings. The zero-order valence-electron chi connectivity index (χ0n) is 18.3. The first-order chi connectivity index (χ1) is 15.8. The highest BCUT2D eigenvalue weighted by molar-refractivity contribution is 6.00. The molecule has 0 fully saturated rings. The van der Waals surface area contributed by atoms with Gasteiger partial charge in [-0.2, -0.15) is 0 Å². The molecule has 1 aliphatic rings. The molecule has 8 nitrogen and oxygen atoms in total. The number of fused-ring (bicyclic) bond motifs is 1. The lowest BCUT2D eigenvalue weighted by molar-refractivity contribution is -0.122. The van der Waals surface area contributed by atoms with Gasteiger partial charge < -0.3 is 20.1 Å². The summed E-state index contributed by atoms with van der Waals surface area (Å²) in [7, 11) is 0. The molecule has 33 heavy (non-hydrogen) atoms. The van der Waals surface area contributed by atoms with Crippen LogP contribution in [-0.2, 0) is 15.2 Å². The number of carbonyl (C=O) groups excluding carboxylic acids is 3. The average Bonchev–Trinajstić information content (AvgIpc) is 2.80. The Morgan fingerprint density at radius 1 is 1.12 bits per heavy atom. The molecule has 0 aliphatic carbocycles. The molecule has 0 saturated carbocycles. The van der Waals surface area contributed by atoms with E-state index in [9.17, 15) is 14.4 Å². The van der Waals surface area contributed by atoms with Crippen molar-refractivity contribution in [3.63, 3.8) is 0 Å². The van der Waals surface area contributed by atoms with Crippen molar-refractivity contribution in [3.8, 4) is 17.4 Å². The summed E-state index contributed by atoms with van der Waals surface area (Å²) in [6.45, 7) is 3.12. The SMILES string of the molecule is CC(=O)NCC(=O)Nc1ccc(Oc2ccc3c(c2)C(=O)CC(C)(c2ccccc2)O3)nc1.